The van der Waals surface area contributed by atoms with E-state index < -0.39 is 0 Å². The second-order valence-corrected chi connectivity index (χ2v) is 6.22. The molecule has 1 N–H and O–H groups in total. The number of hydrogen-bond acceptors (Lipinski definition) is 3. The van der Waals surface area contributed by atoms with Crippen molar-refractivity contribution >= 4 is 17.7 Å². The van der Waals surface area contributed by atoms with Crippen LogP contribution in [-0.4, -0.2) is 34.9 Å². The number of hydrogen-bond donors (Lipinski definition) is 1. The van der Waals surface area contributed by atoms with Crippen molar-refractivity contribution in [2.75, 3.05) is 18.1 Å². The molecule has 0 spiro atoms. The molecule has 104 valence electrons. The maximum Gasteiger partial charge on any atom is 0.238 e. The molecule has 2 rings (SSSR count). The predicted octanol–water partition coefficient (Wildman–Crippen LogP) is 2.65. The van der Waals surface area contributed by atoms with Gasteiger partial charge in [0.1, 0.15) is 6.17 Å². The molecule has 1 saturated heterocycles. The van der Waals surface area contributed by atoms with Gasteiger partial charge < -0.3 is 4.90 Å². The maximum absolute atomic E-state index is 12.1. The number of thioether (sulfide) groups is 1. The molecule has 1 heterocycles. The van der Waals surface area contributed by atoms with Crippen LogP contribution in [0.3, 0.4) is 0 Å². The Balaban J connectivity index is 2.05. The van der Waals surface area contributed by atoms with E-state index in [1.165, 1.54) is 5.56 Å². The summed E-state index contributed by atoms with van der Waals surface area (Å²) in [5.41, 5.74) is 1.17. The van der Waals surface area contributed by atoms with Crippen LogP contribution in [-0.2, 0) is 4.79 Å². The minimum atomic E-state index is 0.0373. The zero-order valence-corrected chi connectivity index (χ0v) is 12.5. The summed E-state index contributed by atoms with van der Waals surface area (Å²) in [6.07, 6.45) is 1.09. The first kappa shape index (κ1) is 14.4. The van der Waals surface area contributed by atoms with Gasteiger partial charge in [0.15, 0.2) is 0 Å². The van der Waals surface area contributed by atoms with E-state index in [4.69, 9.17) is 0 Å². The summed E-state index contributed by atoms with van der Waals surface area (Å²) >= 11 is 1.94. The number of nitrogens with zero attached hydrogens (tertiary/aromatic N) is 1. The van der Waals surface area contributed by atoms with Crippen LogP contribution in [0, 0.1) is 0 Å². The van der Waals surface area contributed by atoms with Crippen molar-refractivity contribution in [2.24, 2.45) is 0 Å². The lowest BCUT2D eigenvalue weighted by molar-refractivity contribution is -0.130. The number of carbonyl (C=O) groups is 1. The molecule has 0 aliphatic carbocycles. The van der Waals surface area contributed by atoms with E-state index in [9.17, 15) is 4.79 Å². The first-order valence-electron chi connectivity index (χ1n) is 6.91. The van der Waals surface area contributed by atoms with E-state index in [1.54, 1.807) is 0 Å². The monoisotopic (exact) mass is 278 g/mol. The van der Waals surface area contributed by atoms with Crippen molar-refractivity contribution < 1.29 is 4.79 Å². The molecule has 0 radical (unpaired) electrons. The van der Waals surface area contributed by atoms with Gasteiger partial charge in [-0.3, -0.25) is 10.1 Å². The third kappa shape index (κ3) is 3.51. The van der Waals surface area contributed by atoms with Crippen molar-refractivity contribution in [1.29, 1.82) is 0 Å². The van der Waals surface area contributed by atoms with Gasteiger partial charge in [-0.1, -0.05) is 37.3 Å². The highest BCUT2D eigenvalue weighted by molar-refractivity contribution is 7.99. The lowest BCUT2D eigenvalue weighted by Gasteiger charge is -2.30. The molecular formula is C15H22N2OS. The molecule has 1 amide bonds. The Morgan fingerprint density at radius 1 is 1.42 bits per heavy atom. The summed E-state index contributed by atoms with van der Waals surface area (Å²) in [5, 5.41) is 3.31. The number of benzene rings is 1. The van der Waals surface area contributed by atoms with Gasteiger partial charge in [-0.2, -0.15) is 11.8 Å². The summed E-state index contributed by atoms with van der Waals surface area (Å²) < 4.78 is 0. The van der Waals surface area contributed by atoms with Gasteiger partial charge in [0.2, 0.25) is 5.91 Å². The zero-order valence-electron chi connectivity index (χ0n) is 11.6. The van der Waals surface area contributed by atoms with E-state index in [2.05, 4.69) is 31.3 Å². The van der Waals surface area contributed by atoms with E-state index in [1.807, 2.05) is 34.9 Å². The molecule has 1 aromatic rings. The molecule has 1 aliphatic heterocycles. The van der Waals surface area contributed by atoms with E-state index in [0.29, 0.717) is 6.54 Å². The van der Waals surface area contributed by atoms with Crippen molar-refractivity contribution in [3.05, 3.63) is 35.9 Å². The van der Waals surface area contributed by atoms with E-state index >= 15 is 0 Å². The highest BCUT2D eigenvalue weighted by Crippen LogP contribution is 2.26. The Morgan fingerprint density at radius 3 is 2.84 bits per heavy atom. The number of carbonyl (C=O) groups excluding carboxylic acids is 1. The van der Waals surface area contributed by atoms with Gasteiger partial charge in [-0.05, 0) is 30.4 Å². The van der Waals surface area contributed by atoms with Crippen LogP contribution in [0.2, 0.25) is 0 Å². The minimum absolute atomic E-state index is 0.0373. The molecule has 0 saturated carbocycles. The Hall–Kier alpha value is -1.00. The summed E-state index contributed by atoms with van der Waals surface area (Å²) in [6, 6.07) is 10.5. The molecule has 1 fully saturated rings. The summed E-state index contributed by atoms with van der Waals surface area (Å²) in [4.78, 5) is 14.1. The molecule has 0 aromatic heterocycles. The molecule has 19 heavy (non-hydrogen) atoms. The van der Waals surface area contributed by atoms with Crippen LogP contribution in [0.1, 0.15) is 32.0 Å². The van der Waals surface area contributed by atoms with Gasteiger partial charge in [0, 0.05) is 6.04 Å². The Labute approximate surface area is 119 Å². The predicted molar refractivity (Wildman–Crippen MR) is 81.1 cm³/mol. The molecule has 3 nitrogen and oxygen atoms in total. The van der Waals surface area contributed by atoms with Gasteiger partial charge in [-0.25, -0.2) is 0 Å². The first-order chi connectivity index (χ1) is 9.24. The highest BCUT2D eigenvalue weighted by Gasteiger charge is 2.34. The third-order valence-electron chi connectivity index (χ3n) is 3.49. The van der Waals surface area contributed by atoms with E-state index in [-0.39, 0.29) is 18.1 Å². The van der Waals surface area contributed by atoms with Crippen LogP contribution in [0.25, 0.3) is 0 Å². The second-order valence-electron chi connectivity index (χ2n) is 4.83. The number of nitrogens with one attached hydrogen (secondary N) is 1. The largest absolute Gasteiger partial charge is 0.319 e. The van der Waals surface area contributed by atoms with Gasteiger partial charge >= 0.3 is 0 Å². The first-order valence-corrected chi connectivity index (χ1v) is 8.06. The van der Waals surface area contributed by atoms with Crippen LogP contribution >= 0.6 is 11.8 Å². The molecule has 2 unspecified atom stereocenters. The number of rotatable bonds is 6. The van der Waals surface area contributed by atoms with Crippen LogP contribution in [0.5, 0.6) is 0 Å². The average Bonchev–Trinajstić information content (AvgIpc) is 2.82. The van der Waals surface area contributed by atoms with Crippen molar-refractivity contribution in [3.63, 3.8) is 0 Å². The quantitative estimate of drug-likeness (QED) is 0.812. The van der Waals surface area contributed by atoms with Crippen molar-refractivity contribution in [1.82, 2.24) is 10.2 Å². The number of amides is 1. The fourth-order valence-electron chi connectivity index (χ4n) is 2.47. The average molecular weight is 278 g/mol. The summed E-state index contributed by atoms with van der Waals surface area (Å²) in [6.45, 7) is 4.77. The standard InChI is InChI=1S/C15H22N2OS/c1-3-19-10-9-12(2)17-14(18)11-16-15(17)13-7-5-4-6-8-13/h4-8,12,15-16H,3,9-11H2,1-2H3. The lowest BCUT2D eigenvalue weighted by Crippen LogP contribution is -2.38. The van der Waals surface area contributed by atoms with Crippen molar-refractivity contribution in [2.45, 2.75) is 32.5 Å². The third-order valence-corrected chi connectivity index (χ3v) is 4.42. The van der Waals surface area contributed by atoms with Crippen LogP contribution in [0.4, 0.5) is 0 Å². The maximum atomic E-state index is 12.1. The Morgan fingerprint density at radius 2 is 2.16 bits per heavy atom. The van der Waals surface area contributed by atoms with Gasteiger partial charge in [0.05, 0.1) is 6.54 Å². The highest BCUT2D eigenvalue weighted by atomic mass is 32.2. The Bertz CT molecular complexity index is 410. The second kappa shape index (κ2) is 6.96. The zero-order chi connectivity index (χ0) is 13.7. The normalized spacial score (nSPS) is 20.8. The molecule has 4 heteroatoms. The minimum Gasteiger partial charge on any atom is -0.319 e. The summed E-state index contributed by atoms with van der Waals surface area (Å²) in [5.74, 6) is 2.46. The lowest BCUT2D eigenvalue weighted by atomic mass is 10.1. The smallest absolute Gasteiger partial charge is 0.238 e. The molecule has 1 aliphatic rings. The fourth-order valence-corrected chi connectivity index (χ4v) is 3.27. The molecule has 2 atom stereocenters. The Kier molecular flexibility index (Phi) is 5.28. The molecule has 1 aromatic carbocycles. The van der Waals surface area contributed by atoms with Crippen LogP contribution in [0.15, 0.2) is 30.3 Å². The van der Waals surface area contributed by atoms with Gasteiger partial charge in [-0.15, -0.1) is 0 Å². The molecule has 0 bridgehead atoms. The topological polar surface area (TPSA) is 32.3 Å². The van der Waals surface area contributed by atoms with Crippen LogP contribution < -0.4 is 5.32 Å². The van der Waals surface area contributed by atoms with Crippen molar-refractivity contribution in [3.8, 4) is 0 Å². The van der Waals surface area contributed by atoms with Gasteiger partial charge in [0.25, 0.3) is 0 Å². The van der Waals surface area contributed by atoms with E-state index in [0.717, 1.165) is 17.9 Å². The summed E-state index contributed by atoms with van der Waals surface area (Å²) in [7, 11) is 0. The SMILES string of the molecule is CCSCCC(C)N1C(=O)CNC1c1ccccc1. The fraction of sp³-hybridized carbons (Fsp3) is 0.533. The molecular weight excluding hydrogens is 256 g/mol.